The molecule has 0 spiro atoms. The molecule has 0 saturated heterocycles. The highest BCUT2D eigenvalue weighted by atomic mass is 16.6. The second-order valence-electron chi connectivity index (χ2n) is 16.4. The highest BCUT2D eigenvalue weighted by molar-refractivity contribution is 5.71. The Balaban J connectivity index is 4.25. The van der Waals surface area contributed by atoms with Crippen LogP contribution >= 0.6 is 0 Å². The van der Waals surface area contributed by atoms with E-state index in [9.17, 15) is 14.4 Å². The molecule has 1 unspecified atom stereocenters. The molecule has 0 aliphatic rings. The monoisotopic (exact) mass is 789 g/mol. The van der Waals surface area contributed by atoms with Gasteiger partial charge < -0.3 is 14.2 Å². The molecule has 1 atom stereocenters. The maximum absolute atomic E-state index is 12.7. The minimum absolute atomic E-state index is 0.0791. The molecule has 0 aliphatic carbocycles. The summed E-state index contributed by atoms with van der Waals surface area (Å²) in [6, 6.07) is 0. The van der Waals surface area contributed by atoms with E-state index in [-0.39, 0.29) is 31.1 Å². The van der Waals surface area contributed by atoms with Gasteiger partial charge in [-0.15, -0.1) is 0 Å². The number of carbonyl (C=O) groups excluding carboxylic acids is 3. The van der Waals surface area contributed by atoms with Gasteiger partial charge >= 0.3 is 17.9 Å². The number of ether oxygens (including phenoxy) is 3. The summed E-state index contributed by atoms with van der Waals surface area (Å²) in [5.74, 6) is -0.915. The molecule has 0 bridgehead atoms. The molecule has 0 aromatic rings. The zero-order valence-electron chi connectivity index (χ0n) is 37.4. The molecule has 328 valence electrons. The lowest BCUT2D eigenvalue weighted by molar-refractivity contribution is -0.167. The van der Waals surface area contributed by atoms with E-state index in [1.807, 2.05) is 0 Å². The zero-order chi connectivity index (χ0) is 40.8. The molecule has 0 N–H and O–H groups in total. The van der Waals surface area contributed by atoms with Crippen molar-refractivity contribution in [1.82, 2.24) is 0 Å². The van der Waals surface area contributed by atoms with Crippen molar-refractivity contribution in [2.75, 3.05) is 13.2 Å². The van der Waals surface area contributed by atoms with E-state index >= 15 is 0 Å². The Morgan fingerprint density at radius 1 is 0.339 bits per heavy atom. The topological polar surface area (TPSA) is 78.9 Å². The highest BCUT2D eigenvalue weighted by Gasteiger charge is 2.19. The van der Waals surface area contributed by atoms with Crippen LogP contribution in [0.25, 0.3) is 0 Å². The van der Waals surface area contributed by atoms with Crippen molar-refractivity contribution in [1.29, 1.82) is 0 Å². The first kappa shape index (κ1) is 53.9. The third kappa shape index (κ3) is 43.0. The number of allylic oxidation sites excluding steroid dienone is 4. The number of unbranched alkanes of at least 4 members (excludes halogenated alkanes) is 29. The van der Waals surface area contributed by atoms with Crippen LogP contribution < -0.4 is 0 Å². The molecule has 6 heteroatoms. The first-order valence-electron chi connectivity index (χ1n) is 24.3. The molecule has 0 saturated carbocycles. The van der Waals surface area contributed by atoms with E-state index in [1.54, 1.807) is 0 Å². The molecule has 0 amide bonds. The Bertz CT molecular complexity index is 911. The van der Waals surface area contributed by atoms with Crippen LogP contribution in [0, 0.1) is 0 Å². The average molecular weight is 789 g/mol. The summed E-state index contributed by atoms with van der Waals surface area (Å²) in [4.78, 5) is 37.7. The Hall–Kier alpha value is -2.11. The molecule has 0 aliphatic heterocycles. The van der Waals surface area contributed by atoms with Crippen LogP contribution in [0.1, 0.15) is 258 Å². The van der Waals surface area contributed by atoms with Crippen molar-refractivity contribution >= 4 is 17.9 Å². The summed E-state index contributed by atoms with van der Waals surface area (Å²) in [5.41, 5.74) is 0. The fourth-order valence-corrected chi connectivity index (χ4v) is 6.97. The summed E-state index contributed by atoms with van der Waals surface area (Å²) < 4.78 is 16.7. The smallest absolute Gasteiger partial charge is 0.306 e. The summed E-state index contributed by atoms with van der Waals surface area (Å²) in [6.45, 7) is 6.57. The molecule has 0 rings (SSSR count). The molecule has 6 nitrogen and oxygen atoms in total. The Kier molecular flexibility index (Phi) is 43.9. The minimum atomic E-state index is -0.776. The van der Waals surface area contributed by atoms with Gasteiger partial charge in [0.15, 0.2) is 6.10 Å². The van der Waals surface area contributed by atoms with Crippen molar-refractivity contribution < 1.29 is 28.6 Å². The molecule has 0 radical (unpaired) electrons. The fraction of sp³-hybridized carbons (Fsp3) is 0.860. The highest BCUT2D eigenvalue weighted by Crippen LogP contribution is 2.15. The molecule has 0 heterocycles. The van der Waals surface area contributed by atoms with Crippen LogP contribution in [0.4, 0.5) is 0 Å². The molecule has 0 aromatic heterocycles. The minimum Gasteiger partial charge on any atom is -0.462 e. The average Bonchev–Trinajstić information content (AvgIpc) is 3.19. The normalized spacial score (nSPS) is 12.1. The van der Waals surface area contributed by atoms with Crippen molar-refractivity contribution in [2.24, 2.45) is 0 Å². The summed E-state index contributed by atoms with van der Waals surface area (Å²) in [5, 5.41) is 0. The maximum atomic E-state index is 12.7. The molecule has 0 aromatic carbocycles. The summed E-state index contributed by atoms with van der Waals surface area (Å²) >= 11 is 0. The lowest BCUT2D eigenvalue weighted by Gasteiger charge is -2.18. The zero-order valence-corrected chi connectivity index (χ0v) is 37.4. The van der Waals surface area contributed by atoms with Gasteiger partial charge in [-0.3, -0.25) is 14.4 Å². The van der Waals surface area contributed by atoms with Gasteiger partial charge in [0.2, 0.25) is 0 Å². The second kappa shape index (κ2) is 45.6. The Morgan fingerprint density at radius 3 is 0.982 bits per heavy atom. The van der Waals surface area contributed by atoms with Gasteiger partial charge in [0, 0.05) is 19.3 Å². The molecular formula is C50H92O6. The third-order valence-corrected chi connectivity index (χ3v) is 10.7. The van der Waals surface area contributed by atoms with Gasteiger partial charge in [0.05, 0.1) is 0 Å². The van der Waals surface area contributed by atoms with E-state index in [2.05, 4.69) is 45.1 Å². The van der Waals surface area contributed by atoms with Crippen LogP contribution in [-0.2, 0) is 28.6 Å². The predicted molar refractivity (Wildman–Crippen MR) is 238 cm³/mol. The molecular weight excluding hydrogens is 697 g/mol. The van der Waals surface area contributed by atoms with Crippen LogP contribution in [0.2, 0.25) is 0 Å². The summed E-state index contributed by atoms with van der Waals surface area (Å²) in [6.07, 6.45) is 50.3. The van der Waals surface area contributed by atoms with Gasteiger partial charge in [-0.2, -0.15) is 0 Å². The SMILES string of the molecule is CCCCCC/C=C\CCCC(=O)OCC(COC(=O)CCCCCCCCC/C=C\CCCCCCCCCC)OC(=O)CCCCCCCCCCCC. The lowest BCUT2D eigenvalue weighted by Crippen LogP contribution is -2.30. The van der Waals surface area contributed by atoms with Crippen molar-refractivity contribution in [3.63, 3.8) is 0 Å². The van der Waals surface area contributed by atoms with E-state index in [1.165, 1.54) is 161 Å². The Labute approximate surface area is 347 Å². The van der Waals surface area contributed by atoms with E-state index < -0.39 is 6.10 Å². The molecule has 56 heavy (non-hydrogen) atoms. The van der Waals surface area contributed by atoms with Gasteiger partial charge in [0.25, 0.3) is 0 Å². The molecule has 0 fully saturated rings. The van der Waals surface area contributed by atoms with Crippen molar-refractivity contribution in [3.05, 3.63) is 24.3 Å². The quantitative estimate of drug-likeness (QED) is 0.0265. The number of carbonyl (C=O) groups is 3. The van der Waals surface area contributed by atoms with Crippen LogP contribution in [-0.4, -0.2) is 37.2 Å². The van der Waals surface area contributed by atoms with Gasteiger partial charge in [-0.05, 0) is 64.2 Å². The summed E-state index contributed by atoms with van der Waals surface area (Å²) in [7, 11) is 0. The standard InChI is InChI=1S/C50H92O6/c1-4-7-10-13-16-19-21-22-23-24-25-26-27-28-29-32-34-37-40-43-49(52)55-46-47(45-54-48(51)42-39-36-33-30-18-15-12-9-6-3)56-50(53)44-41-38-35-31-20-17-14-11-8-5-2/h24-25,30,33,47H,4-23,26-29,31-32,34-46H2,1-3H3/b25-24-,33-30-. The van der Waals surface area contributed by atoms with Gasteiger partial charge in [-0.1, -0.05) is 199 Å². The second-order valence-corrected chi connectivity index (χ2v) is 16.4. The Morgan fingerprint density at radius 2 is 0.607 bits per heavy atom. The predicted octanol–water partition coefficient (Wildman–Crippen LogP) is 15.6. The number of rotatable bonds is 44. The van der Waals surface area contributed by atoms with Crippen LogP contribution in [0.5, 0.6) is 0 Å². The van der Waals surface area contributed by atoms with Crippen molar-refractivity contribution in [2.45, 2.75) is 264 Å². The van der Waals surface area contributed by atoms with Gasteiger partial charge in [0.1, 0.15) is 13.2 Å². The lowest BCUT2D eigenvalue weighted by atomic mass is 10.1. The van der Waals surface area contributed by atoms with Crippen LogP contribution in [0.3, 0.4) is 0 Å². The fourth-order valence-electron chi connectivity index (χ4n) is 6.97. The third-order valence-electron chi connectivity index (χ3n) is 10.7. The van der Waals surface area contributed by atoms with E-state index in [4.69, 9.17) is 14.2 Å². The number of hydrogen-bond donors (Lipinski definition) is 0. The van der Waals surface area contributed by atoms with Crippen LogP contribution in [0.15, 0.2) is 24.3 Å². The van der Waals surface area contributed by atoms with E-state index in [0.29, 0.717) is 19.3 Å². The number of hydrogen-bond acceptors (Lipinski definition) is 6. The first-order chi connectivity index (χ1) is 27.5. The van der Waals surface area contributed by atoms with Crippen molar-refractivity contribution in [3.8, 4) is 0 Å². The van der Waals surface area contributed by atoms with E-state index in [0.717, 1.165) is 57.8 Å². The number of esters is 3. The maximum Gasteiger partial charge on any atom is 0.306 e. The largest absolute Gasteiger partial charge is 0.462 e. The first-order valence-corrected chi connectivity index (χ1v) is 24.3. The van der Waals surface area contributed by atoms with Gasteiger partial charge in [-0.25, -0.2) is 0 Å².